The van der Waals surface area contributed by atoms with Crippen LogP contribution in [0.1, 0.15) is 66.6 Å². The average Bonchev–Trinajstić information content (AvgIpc) is 3.10. The molecule has 365 valence electrons. The Morgan fingerprint density at radius 1 is 0.738 bits per heavy atom. The summed E-state index contributed by atoms with van der Waals surface area (Å²) in [7, 11) is 34.5. The van der Waals surface area contributed by atoms with Crippen LogP contribution in [0.25, 0.3) is 0 Å². The van der Waals surface area contributed by atoms with Gasteiger partial charge in [0.25, 0.3) is 0 Å². The number of carbonyl (C=O) groups excluding carboxylic acids is 3. The monoisotopic (exact) mass is 1260 g/mol. The Hall–Kier alpha value is 3.02. The normalized spacial score (nSPS) is 19.1. The van der Waals surface area contributed by atoms with Gasteiger partial charge in [-0.2, -0.15) is 0 Å². The van der Waals surface area contributed by atoms with Crippen molar-refractivity contribution in [3.63, 3.8) is 0 Å². The van der Waals surface area contributed by atoms with E-state index >= 15 is 0 Å². The molecule has 0 saturated heterocycles. The molecule has 0 heterocycles. The van der Waals surface area contributed by atoms with Crippen LogP contribution >= 0.6 is 57.4 Å². The molecule has 0 aromatic rings. The SMILES string of the molecule is C.C=CC[C@@H]1CC=CC(=O)C1.C=CC[C@H]1CC(=O)C[C@H]([Si](C)(C)C)C1.C=CC[Si](C)(C)C.C[Si](C)(C)[C@@H]1CC=CC(=O)C1.S=S=S=S=S=S=S=S.[2H]CF.[Cl][Cu][Cl].[Cl][Ti]([Cl])([Cl])[Cl]. The molecule has 3 rings (SSSR count). The number of hydrogen-bond donors (Lipinski definition) is 0. The van der Waals surface area contributed by atoms with Crippen molar-refractivity contribution in [3.05, 3.63) is 62.3 Å². The summed E-state index contributed by atoms with van der Waals surface area (Å²) < 4.78 is 15.5. The zero-order valence-corrected chi connectivity index (χ0v) is 52.8. The fraction of sp³-hybridized carbons (Fsp3) is 0.658. The third-order valence-electron chi connectivity index (χ3n) is 8.39. The zero-order valence-electron chi connectivity index (χ0n) is 37.2. The number of carbonyl (C=O) groups is 3. The molecule has 0 aromatic heterocycles. The number of halogens is 7. The van der Waals surface area contributed by atoms with Crippen LogP contribution in [0.4, 0.5) is 4.39 Å². The van der Waals surface area contributed by atoms with Gasteiger partial charge in [0, 0.05) is 126 Å². The molecular formula is C38H71Cl6CuFO3S8Si3Ti. The Kier molecular flexibility index (Phi) is 55.9. The first-order valence-corrected chi connectivity index (χ1v) is 49.8. The Morgan fingerprint density at radius 3 is 1.43 bits per heavy atom. The first-order valence-electron chi connectivity index (χ1n) is 19.2. The topological polar surface area (TPSA) is 51.2 Å². The molecule has 0 spiro atoms. The van der Waals surface area contributed by atoms with Crippen molar-refractivity contribution in [2.75, 3.05) is 7.15 Å². The predicted molar refractivity (Wildman–Crippen MR) is 303 cm³/mol. The summed E-state index contributed by atoms with van der Waals surface area (Å²) in [6.45, 7) is 32.3. The molecule has 3 aliphatic carbocycles. The van der Waals surface area contributed by atoms with E-state index in [4.69, 9.17) is 38.6 Å². The number of hydrogen-bond acceptors (Lipinski definition) is 5. The second-order valence-corrected chi connectivity index (χ2v) is 60.9. The number of allylic oxidation sites excluding steroid dienone is 7. The van der Waals surface area contributed by atoms with Gasteiger partial charge in [-0.05, 0) is 73.2 Å². The fourth-order valence-corrected chi connectivity index (χ4v) is 20.8. The van der Waals surface area contributed by atoms with Gasteiger partial charge < -0.3 is 0 Å². The second-order valence-electron chi connectivity index (χ2n) is 16.6. The standard InChI is InChI=1S/C12H22OSi.C9H16OSi.C9H12O.C6H14Si.CH3F.CH4.6ClH.Cu.S8.Ti/c1-5-6-10-7-11(13)9-12(8-10)14(2,3)4;1-11(2,3)9-6-4-5-8(10)7-9;1-2-4-8-5-3-6-9(10)7-8;1-5-6-7(2,3)4;1-2;;;;;;;;;1-3-5-7-8-6-4-2;/h5,10,12H,1,6-9H2,2-4H3;4-5,9H,6-7H2,1-3H3;2-3,6,8H,1,4-5,7H2;5H,1,6H2,2-4H3;1H3;1H4;6*1H;;;/q;;;;;;;;;;;;+2;;+4/p-6/t10-,12+;9-;8-;;;;;;;;;;;;/m011............/s1/i;;;;1D;;;;;;;;;;. The minimum absolute atomic E-state index is 0. The Morgan fingerprint density at radius 2 is 1.13 bits per heavy atom. The van der Waals surface area contributed by atoms with Gasteiger partial charge in [-0.3, -0.25) is 18.8 Å². The summed E-state index contributed by atoms with van der Waals surface area (Å²) in [6.07, 6.45) is 21.8. The molecule has 0 bridgehead atoms. The maximum atomic E-state index is 11.6. The van der Waals surface area contributed by atoms with Crippen molar-refractivity contribution >= 4 is 175 Å². The van der Waals surface area contributed by atoms with E-state index in [0.29, 0.717) is 40.9 Å². The zero-order chi connectivity index (χ0) is 48.7. The number of ketones is 3. The minimum atomic E-state index is -3.11. The van der Waals surface area contributed by atoms with Crippen LogP contribution in [0.15, 0.2) is 62.3 Å². The average molecular weight is 1260 g/mol. The third kappa shape index (κ3) is 61.0. The van der Waals surface area contributed by atoms with E-state index in [-0.39, 0.29) is 13.2 Å². The fourth-order valence-electron chi connectivity index (χ4n) is 5.46. The van der Waals surface area contributed by atoms with Crippen LogP contribution in [0.5, 0.6) is 0 Å². The first-order chi connectivity index (χ1) is 28.1. The molecule has 0 amide bonds. The number of alkyl halides is 1. The van der Waals surface area contributed by atoms with E-state index in [1.807, 2.05) is 30.4 Å². The Labute approximate surface area is 436 Å². The van der Waals surface area contributed by atoms with E-state index in [0.717, 1.165) is 58.1 Å². The van der Waals surface area contributed by atoms with Gasteiger partial charge in [0.1, 0.15) is 5.78 Å². The van der Waals surface area contributed by atoms with Gasteiger partial charge in [0.2, 0.25) is 0 Å². The molecule has 3 nitrogen and oxygen atoms in total. The molecule has 61 heavy (non-hydrogen) atoms. The summed E-state index contributed by atoms with van der Waals surface area (Å²) >= 11 is 6.86. The van der Waals surface area contributed by atoms with Crippen molar-refractivity contribution in [2.45, 2.75) is 141 Å². The van der Waals surface area contributed by atoms with Crippen molar-refractivity contribution in [1.29, 1.82) is 0 Å². The molecule has 0 unspecified atom stereocenters. The quantitative estimate of drug-likeness (QED) is 0.179. The summed E-state index contributed by atoms with van der Waals surface area (Å²) in [5.74, 6) is 2.18. The molecule has 3 aliphatic rings. The van der Waals surface area contributed by atoms with Crippen LogP contribution in [0.3, 0.4) is 0 Å². The van der Waals surface area contributed by atoms with Crippen LogP contribution in [0, 0.1) is 11.8 Å². The van der Waals surface area contributed by atoms with Crippen LogP contribution in [0.2, 0.25) is 76.0 Å². The van der Waals surface area contributed by atoms with Gasteiger partial charge >= 0.3 is 82.9 Å². The molecule has 0 aliphatic heterocycles. The molecule has 0 radical (unpaired) electrons. The van der Waals surface area contributed by atoms with E-state index in [1.54, 1.807) is 47.7 Å². The molecule has 1 saturated carbocycles. The van der Waals surface area contributed by atoms with E-state index in [2.05, 4.69) is 121 Å². The van der Waals surface area contributed by atoms with Gasteiger partial charge in [0.05, 0.1) is 8.52 Å². The van der Waals surface area contributed by atoms with Crippen LogP contribution in [-0.4, -0.2) is 48.7 Å². The van der Waals surface area contributed by atoms with Gasteiger partial charge in [-0.15, -0.1) is 19.7 Å². The molecular weight excluding hydrogens is 1190 g/mol. The van der Waals surface area contributed by atoms with Crippen molar-refractivity contribution in [3.8, 4) is 0 Å². The molecule has 4 atom stereocenters. The van der Waals surface area contributed by atoms with Crippen LogP contribution < -0.4 is 0 Å². The Balaban J connectivity index is -0.000000151. The van der Waals surface area contributed by atoms with Crippen molar-refractivity contribution in [1.82, 2.24) is 0 Å². The third-order valence-corrected chi connectivity index (χ3v) is 26.8. The number of Topliss-reactive ketones (excluding diaryl/α,β-unsaturated/α-hetero) is 1. The van der Waals surface area contributed by atoms with Crippen molar-refractivity contribution < 1.29 is 45.6 Å². The summed E-state index contributed by atoms with van der Waals surface area (Å²) in [4.78, 5) is 33.5. The van der Waals surface area contributed by atoms with Crippen LogP contribution in [-0.2, 0) is 116 Å². The summed E-state index contributed by atoms with van der Waals surface area (Å²) in [6, 6.07) is 1.24. The summed E-state index contributed by atoms with van der Waals surface area (Å²) in [5, 5.41) is 0. The van der Waals surface area contributed by atoms with Gasteiger partial charge in [-0.25, -0.2) is 0 Å². The predicted octanol–water partition coefficient (Wildman–Crippen LogP) is 16.2. The first kappa shape index (κ1) is 73.0. The second kappa shape index (κ2) is 46.7. The molecule has 23 heteroatoms. The maximum absolute atomic E-state index is 11.6. The molecule has 0 N–H and O–H groups in total. The number of rotatable bonds is 8. The Bertz CT molecular complexity index is 1560. The molecule has 0 aromatic carbocycles. The van der Waals surface area contributed by atoms with Gasteiger partial charge in [-0.1, -0.05) is 96.7 Å². The van der Waals surface area contributed by atoms with Gasteiger partial charge in [0.15, 0.2) is 11.6 Å². The molecule has 1 fully saturated rings. The van der Waals surface area contributed by atoms with Crippen molar-refractivity contribution in [2.24, 2.45) is 11.8 Å². The van der Waals surface area contributed by atoms with E-state index in [9.17, 15) is 18.8 Å². The van der Waals surface area contributed by atoms with E-state index < -0.39 is 43.7 Å². The van der Waals surface area contributed by atoms with E-state index in [1.165, 1.54) is 30.2 Å². The summed E-state index contributed by atoms with van der Waals surface area (Å²) in [5.41, 5.74) is 1.38.